The molecule has 0 bridgehead atoms. The predicted octanol–water partition coefficient (Wildman–Crippen LogP) is 3.51. The van der Waals surface area contributed by atoms with Gasteiger partial charge in [-0.05, 0) is 48.2 Å². The van der Waals surface area contributed by atoms with Crippen LogP contribution in [0.3, 0.4) is 0 Å². The van der Waals surface area contributed by atoms with Crippen LogP contribution in [0.4, 0.5) is 0 Å². The molecule has 2 aliphatic rings. The molecule has 2 aromatic rings. The Bertz CT molecular complexity index is 891. The second kappa shape index (κ2) is 7.62. The Morgan fingerprint density at radius 3 is 2.36 bits per heavy atom. The molecule has 0 unspecified atom stereocenters. The maximum absolute atomic E-state index is 12.6. The molecule has 1 aliphatic heterocycles. The molecule has 6 heteroatoms. The van der Waals surface area contributed by atoms with E-state index >= 15 is 0 Å². The maximum atomic E-state index is 12.6. The number of carbonyl (C=O) groups excluding carboxylic acids is 1. The number of fused-ring (bicyclic) bond motifs is 1. The van der Waals surface area contributed by atoms with Gasteiger partial charge in [-0.15, -0.1) is 0 Å². The monoisotopic (exact) mass is 383 g/mol. The van der Waals surface area contributed by atoms with Crippen molar-refractivity contribution < 1.29 is 23.7 Å². The van der Waals surface area contributed by atoms with E-state index < -0.39 is 0 Å². The van der Waals surface area contributed by atoms with Gasteiger partial charge in [0.05, 0.1) is 27.9 Å². The molecule has 0 atom stereocenters. The highest BCUT2D eigenvalue weighted by Gasteiger charge is 2.34. The highest BCUT2D eigenvalue weighted by Crippen LogP contribution is 2.41. The molecule has 28 heavy (non-hydrogen) atoms. The van der Waals surface area contributed by atoms with E-state index in [9.17, 15) is 4.79 Å². The first-order valence-corrected chi connectivity index (χ1v) is 9.49. The van der Waals surface area contributed by atoms with Gasteiger partial charge >= 0.3 is 0 Å². The summed E-state index contributed by atoms with van der Waals surface area (Å²) in [6.45, 7) is 1.60. The van der Waals surface area contributed by atoms with Crippen molar-refractivity contribution in [2.45, 2.75) is 19.4 Å². The van der Waals surface area contributed by atoms with Crippen molar-refractivity contribution in [1.29, 1.82) is 0 Å². The van der Waals surface area contributed by atoms with Crippen molar-refractivity contribution in [2.24, 2.45) is 5.92 Å². The van der Waals surface area contributed by atoms with Crippen LogP contribution in [0.5, 0.6) is 23.0 Å². The molecule has 0 N–H and O–H groups in total. The van der Waals surface area contributed by atoms with E-state index in [0.717, 1.165) is 35.3 Å². The fourth-order valence-corrected chi connectivity index (χ4v) is 3.59. The van der Waals surface area contributed by atoms with Gasteiger partial charge in [-0.1, -0.05) is 6.07 Å². The molecule has 1 saturated carbocycles. The van der Waals surface area contributed by atoms with Gasteiger partial charge in [-0.2, -0.15) is 0 Å². The van der Waals surface area contributed by atoms with E-state index in [4.69, 9.17) is 18.9 Å². The molecular formula is C22H25NO5. The molecule has 0 radical (unpaired) electrons. The van der Waals surface area contributed by atoms with E-state index in [1.54, 1.807) is 21.3 Å². The zero-order valence-corrected chi connectivity index (χ0v) is 16.5. The Balaban J connectivity index is 1.73. The average molecular weight is 383 g/mol. The average Bonchev–Trinajstić information content (AvgIpc) is 3.58. The lowest BCUT2D eigenvalue weighted by atomic mass is 10.0. The van der Waals surface area contributed by atoms with Crippen LogP contribution in [0.2, 0.25) is 0 Å². The van der Waals surface area contributed by atoms with Gasteiger partial charge in [0, 0.05) is 18.0 Å². The molecular weight excluding hydrogens is 358 g/mol. The lowest BCUT2D eigenvalue weighted by Gasteiger charge is -2.20. The van der Waals surface area contributed by atoms with Gasteiger partial charge in [0.1, 0.15) is 6.61 Å². The topological polar surface area (TPSA) is 57.2 Å². The minimum Gasteiger partial charge on any atom is -0.493 e. The molecule has 0 spiro atoms. The number of methoxy groups -OCH3 is 3. The first-order chi connectivity index (χ1) is 13.6. The SMILES string of the molecule is COc1ccc(-c2cc3c(c(OC)c2)OCCN(C(=O)C2CC2)C3)cc1OC. The third-order valence-corrected chi connectivity index (χ3v) is 5.28. The zero-order chi connectivity index (χ0) is 19.7. The largest absolute Gasteiger partial charge is 0.493 e. The summed E-state index contributed by atoms with van der Waals surface area (Å²) in [7, 11) is 4.87. The van der Waals surface area contributed by atoms with Crippen molar-refractivity contribution in [1.82, 2.24) is 4.90 Å². The lowest BCUT2D eigenvalue weighted by molar-refractivity contribution is -0.133. The summed E-state index contributed by atoms with van der Waals surface area (Å²) < 4.78 is 22.3. The van der Waals surface area contributed by atoms with Crippen LogP contribution in [-0.2, 0) is 11.3 Å². The third kappa shape index (κ3) is 3.46. The summed E-state index contributed by atoms with van der Waals surface area (Å²) in [4.78, 5) is 14.5. The van der Waals surface area contributed by atoms with E-state index in [-0.39, 0.29) is 11.8 Å². The molecule has 1 fully saturated rings. The summed E-state index contributed by atoms with van der Waals surface area (Å²) in [6.07, 6.45) is 2.00. The molecule has 148 valence electrons. The fraction of sp³-hybridized carbons (Fsp3) is 0.409. The number of nitrogens with zero attached hydrogens (tertiary/aromatic N) is 1. The van der Waals surface area contributed by atoms with E-state index in [1.165, 1.54) is 0 Å². The Hall–Kier alpha value is -2.89. The van der Waals surface area contributed by atoms with Crippen molar-refractivity contribution in [3.05, 3.63) is 35.9 Å². The van der Waals surface area contributed by atoms with Crippen LogP contribution >= 0.6 is 0 Å². The second-order valence-corrected chi connectivity index (χ2v) is 7.12. The first kappa shape index (κ1) is 18.5. The summed E-state index contributed by atoms with van der Waals surface area (Å²) in [5.41, 5.74) is 2.90. The molecule has 0 aromatic heterocycles. The van der Waals surface area contributed by atoms with E-state index in [2.05, 4.69) is 6.07 Å². The first-order valence-electron chi connectivity index (χ1n) is 9.49. The van der Waals surface area contributed by atoms with Crippen LogP contribution in [0.1, 0.15) is 18.4 Å². The molecule has 2 aromatic carbocycles. The van der Waals surface area contributed by atoms with E-state index in [1.807, 2.05) is 29.2 Å². The minimum atomic E-state index is 0.192. The van der Waals surface area contributed by atoms with Crippen molar-refractivity contribution >= 4 is 5.91 Å². The summed E-state index contributed by atoms with van der Waals surface area (Å²) in [5.74, 6) is 3.15. The number of amides is 1. The Labute approximate surface area is 165 Å². The van der Waals surface area contributed by atoms with E-state index in [0.29, 0.717) is 36.9 Å². The van der Waals surface area contributed by atoms with Gasteiger partial charge in [0.15, 0.2) is 23.0 Å². The Kier molecular flexibility index (Phi) is 5.03. The molecule has 1 amide bonds. The molecule has 4 rings (SSSR count). The standard InChI is InChI=1S/C22H25NO5/c1-25-18-7-6-15(11-19(18)26-2)16-10-17-13-23(22(24)14-4-5-14)8-9-28-21(17)20(12-16)27-3/h6-7,10-12,14H,4-5,8-9,13H2,1-3H3. The number of carbonyl (C=O) groups is 1. The van der Waals surface area contributed by atoms with Gasteiger partial charge < -0.3 is 23.8 Å². The van der Waals surface area contributed by atoms with Gasteiger partial charge in [-0.3, -0.25) is 4.79 Å². The van der Waals surface area contributed by atoms with Crippen molar-refractivity contribution in [3.8, 4) is 34.1 Å². The molecule has 1 heterocycles. The highest BCUT2D eigenvalue weighted by molar-refractivity contribution is 5.81. The van der Waals surface area contributed by atoms with Crippen LogP contribution in [0.25, 0.3) is 11.1 Å². The lowest BCUT2D eigenvalue weighted by Crippen LogP contribution is -2.33. The summed E-state index contributed by atoms with van der Waals surface area (Å²) in [6, 6.07) is 9.82. The number of hydrogen-bond acceptors (Lipinski definition) is 5. The van der Waals surface area contributed by atoms with Crippen LogP contribution in [0.15, 0.2) is 30.3 Å². The molecule has 0 saturated heterocycles. The van der Waals surface area contributed by atoms with Crippen LogP contribution in [0, 0.1) is 5.92 Å². The van der Waals surface area contributed by atoms with Crippen LogP contribution in [-0.4, -0.2) is 45.3 Å². The maximum Gasteiger partial charge on any atom is 0.226 e. The van der Waals surface area contributed by atoms with Crippen molar-refractivity contribution in [3.63, 3.8) is 0 Å². The Morgan fingerprint density at radius 2 is 1.68 bits per heavy atom. The minimum absolute atomic E-state index is 0.192. The number of hydrogen-bond donors (Lipinski definition) is 0. The smallest absolute Gasteiger partial charge is 0.226 e. The highest BCUT2D eigenvalue weighted by atomic mass is 16.5. The number of benzene rings is 2. The normalized spacial score (nSPS) is 15.9. The number of ether oxygens (including phenoxy) is 4. The van der Waals surface area contributed by atoms with Gasteiger partial charge in [0.25, 0.3) is 0 Å². The quantitative estimate of drug-likeness (QED) is 0.791. The predicted molar refractivity (Wildman–Crippen MR) is 105 cm³/mol. The van der Waals surface area contributed by atoms with Gasteiger partial charge in [0.2, 0.25) is 5.91 Å². The van der Waals surface area contributed by atoms with Crippen LogP contribution < -0.4 is 18.9 Å². The summed E-state index contributed by atoms with van der Waals surface area (Å²) >= 11 is 0. The second-order valence-electron chi connectivity index (χ2n) is 7.12. The van der Waals surface area contributed by atoms with Gasteiger partial charge in [-0.25, -0.2) is 0 Å². The fourth-order valence-electron chi connectivity index (χ4n) is 3.59. The zero-order valence-electron chi connectivity index (χ0n) is 16.5. The van der Waals surface area contributed by atoms with Crippen molar-refractivity contribution in [2.75, 3.05) is 34.5 Å². The molecule has 1 aliphatic carbocycles. The Morgan fingerprint density at radius 1 is 0.964 bits per heavy atom. The molecule has 6 nitrogen and oxygen atoms in total. The number of rotatable bonds is 5. The summed E-state index contributed by atoms with van der Waals surface area (Å²) in [5, 5.41) is 0. The third-order valence-electron chi connectivity index (χ3n) is 5.28.